The molecule has 3 unspecified atom stereocenters. The van der Waals surface area contributed by atoms with Crippen LogP contribution in [0.4, 0.5) is 4.79 Å². The number of hydrogen-bond acceptors (Lipinski definition) is 3. The van der Waals surface area contributed by atoms with E-state index in [0.29, 0.717) is 36.3 Å². The molecule has 2 amide bonds. The first-order valence-corrected chi connectivity index (χ1v) is 10.2. The number of hydrogen-bond donors (Lipinski definition) is 0. The van der Waals surface area contributed by atoms with Gasteiger partial charge in [-0.2, -0.15) is 0 Å². The molecule has 25 heavy (non-hydrogen) atoms. The largest absolute Gasteiger partial charge is 0.449 e. The second-order valence-corrected chi connectivity index (χ2v) is 8.71. The van der Waals surface area contributed by atoms with Gasteiger partial charge in [0.2, 0.25) is 5.91 Å². The number of nitrogens with zero attached hydrogens (tertiary/aromatic N) is 2. The van der Waals surface area contributed by atoms with Crippen molar-refractivity contribution in [1.29, 1.82) is 0 Å². The highest BCUT2D eigenvalue weighted by molar-refractivity contribution is 5.82. The Morgan fingerprint density at radius 3 is 2.36 bits per heavy atom. The summed E-state index contributed by atoms with van der Waals surface area (Å²) < 4.78 is 5.36. The fraction of sp³-hybridized carbons (Fsp3) is 0.900. The van der Waals surface area contributed by atoms with Crippen LogP contribution < -0.4 is 0 Å². The monoisotopic (exact) mass is 350 g/mol. The van der Waals surface area contributed by atoms with Crippen molar-refractivity contribution >= 4 is 12.0 Å². The fourth-order valence-corrected chi connectivity index (χ4v) is 4.40. The Balaban J connectivity index is 1.52. The highest BCUT2D eigenvalue weighted by Crippen LogP contribution is 2.41. The summed E-state index contributed by atoms with van der Waals surface area (Å²) in [7, 11) is 0. The molecule has 1 saturated carbocycles. The van der Waals surface area contributed by atoms with Crippen molar-refractivity contribution in [2.75, 3.05) is 26.2 Å². The smallest absolute Gasteiger partial charge is 0.409 e. The van der Waals surface area contributed by atoms with Gasteiger partial charge in [0, 0.05) is 31.6 Å². The molecule has 3 rings (SSSR count). The number of rotatable bonds is 4. The lowest BCUT2D eigenvalue weighted by atomic mass is 9.83. The number of piperidine rings is 2. The lowest BCUT2D eigenvalue weighted by molar-refractivity contribution is -0.138. The van der Waals surface area contributed by atoms with Gasteiger partial charge in [0.05, 0.1) is 6.61 Å². The number of carbonyl (C=O) groups excluding carboxylic acids is 2. The molecule has 0 radical (unpaired) electrons. The van der Waals surface area contributed by atoms with Gasteiger partial charge in [0.25, 0.3) is 0 Å². The molecule has 0 bridgehead atoms. The Hall–Kier alpha value is -1.26. The Bertz CT molecular complexity index is 485. The molecule has 3 fully saturated rings. The SMILES string of the molecule is CC(C)COC(=O)N1CCC(C2CCCCN2C(=O)C2CC2C)CC1. The topological polar surface area (TPSA) is 49.9 Å². The highest BCUT2D eigenvalue weighted by Gasteiger charge is 2.45. The van der Waals surface area contributed by atoms with E-state index >= 15 is 0 Å². The Labute approximate surface area is 152 Å². The average Bonchev–Trinajstić information content (AvgIpc) is 3.36. The summed E-state index contributed by atoms with van der Waals surface area (Å²) in [5.74, 6) is 2.16. The first-order chi connectivity index (χ1) is 12.0. The van der Waals surface area contributed by atoms with Gasteiger partial charge in [-0.3, -0.25) is 4.79 Å². The summed E-state index contributed by atoms with van der Waals surface area (Å²) in [4.78, 5) is 29.0. The van der Waals surface area contributed by atoms with Crippen LogP contribution >= 0.6 is 0 Å². The molecule has 0 aromatic heterocycles. The maximum absolute atomic E-state index is 12.8. The van der Waals surface area contributed by atoms with E-state index in [0.717, 1.165) is 51.7 Å². The predicted octanol–water partition coefficient (Wildman–Crippen LogP) is 3.53. The van der Waals surface area contributed by atoms with Gasteiger partial charge in [-0.15, -0.1) is 0 Å². The van der Waals surface area contributed by atoms with Crippen molar-refractivity contribution in [2.24, 2.45) is 23.7 Å². The molecule has 0 aromatic rings. The van der Waals surface area contributed by atoms with Gasteiger partial charge in [-0.05, 0) is 56.3 Å². The van der Waals surface area contributed by atoms with Crippen LogP contribution in [0.3, 0.4) is 0 Å². The van der Waals surface area contributed by atoms with Crippen LogP contribution in [0.25, 0.3) is 0 Å². The third-order valence-electron chi connectivity index (χ3n) is 6.14. The standard InChI is InChI=1S/C20H34N2O3/c1-14(2)13-25-20(24)21-10-7-16(8-11-21)18-6-4-5-9-22(18)19(23)17-12-15(17)3/h14-18H,4-13H2,1-3H3. The zero-order chi connectivity index (χ0) is 18.0. The minimum atomic E-state index is -0.171. The van der Waals surface area contributed by atoms with Crippen molar-refractivity contribution < 1.29 is 14.3 Å². The van der Waals surface area contributed by atoms with E-state index < -0.39 is 0 Å². The van der Waals surface area contributed by atoms with E-state index in [4.69, 9.17) is 4.74 Å². The van der Waals surface area contributed by atoms with Crippen LogP contribution in [-0.4, -0.2) is 54.1 Å². The molecule has 142 valence electrons. The second kappa shape index (κ2) is 7.96. The number of ether oxygens (including phenoxy) is 1. The second-order valence-electron chi connectivity index (χ2n) is 8.71. The molecule has 1 aliphatic carbocycles. The Morgan fingerprint density at radius 2 is 1.76 bits per heavy atom. The maximum atomic E-state index is 12.8. The van der Waals surface area contributed by atoms with Crippen LogP contribution in [0.5, 0.6) is 0 Å². The van der Waals surface area contributed by atoms with Crippen molar-refractivity contribution in [3.8, 4) is 0 Å². The molecule has 3 aliphatic rings. The highest BCUT2D eigenvalue weighted by atomic mass is 16.6. The summed E-state index contributed by atoms with van der Waals surface area (Å²) in [6.45, 7) is 9.24. The van der Waals surface area contributed by atoms with Crippen LogP contribution in [-0.2, 0) is 9.53 Å². The van der Waals surface area contributed by atoms with Gasteiger partial charge >= 0.3 is 6.09 Å². The van der Waals surface area contributed by atoms with Gasteiger partial charge in [0.1, 0.15) is 0 Å². The van der Waals surface area contributed by atoms with Crippen LogP contribution in [0.2, 0.25) is 0 Å². The van der Waals surface area contributed by atoms with E-state index in [1.165, 1.54) is 6.42 Å². The first-order valence-electron chi connectivity index (χ1n) is 10.2. The maximum Gasteiger partial charge on any atom is 0.409 e. The molecule has 2 saturated heterocycles. The fourth-order valence-electron chi connectivity index (χ4n) is 4.40. The summed E-state index contributed by atoms with van der Waals surface area (Å²) in [6, 6.07) is 0.392. The van der Waals surface area contributed by atoms with Crippen LogP contribution in [0.15, 0.2) is 0 Å². The minimum absolute atomic E-state index is 0.171. The Morgan fingerprint density at radius 1 is 1.08 bits per heavy atom. The zero-order valence-corrected chi connectivity index (χ0v) is 16.1. The molecule has 3 atom stereocenters. The third kappa shape index (κ3) is 4.48. The molecule has 2 aliphatic heterocycles. The molecule has 0 spiro atoms. The first kappa shape index (κ1) is 18.5. The molecule has 5 nitrogen and oxygen atoms in total. The van der Waals surface area contributed by atoms with Crippen molar-refractivity contribution in [3.63, 3.8) is 0 Å². The normalized spacial score (nSPS) is 30.5. The molecule has 2 heterocycles. The van der Waals surface area contributed by atoms with E-state index in [-0.39, 0.29) is 12.0 Å². The number of likely N-dealkylation sites (tertiary alicyclic amines) is 2. The van der Waals surface area contributed by atoms with Crippen LogP contribution in [0, 0.1) is 23.7 Å². The van der Waals surface area contributed by atoms with E-state index in [2.05, 4.69) is 25.7 Å². The predicted molar refractivity (Wildman–Crippen MR) is 97.1 cm³/mol. The summed E-state index contributed by atoms with van der Waals surface area (Å²) in [5, 5.41) is 0. The molecule has 0 aromatic carbocycles. The quantitative estimate of drug-likeness (QED) is 0.779. The molecule has 0 N–H and O–H groups in total. The van der Waals surface area contributed by atoms with Crippen molar-refractivity contribution in [3.05, 3.63) is 0 Å². The van der Waals surface area contributed by atoms with E-state index in [1.54, 1.807) is 0 Å². The molecular formula is C20H34N2O3. The number of carbonyl (C=O) groups is 2. The number of amides is 2. The summed E-state index contributed by atoms with van der Waals surface area (Å²) in [6.07, 6.45) is 6.39. The Kier molecular flexibility index (Phi) is 5.90. The van der Waals surface area contributed by atoms with Gasteiger partial charge < -0.3 is 14.5 Å². The summed E-state index contributed by atoms with van der Waals surface area (Å²) >= 11 is 0. The minimum Gasteiger partial charge on any atom is -0.449 e. The van der Waals surface area contributed by atoms with E-state index in [1.807, 2.05) is 4.90 Å². The van der Waals surface area contributed by atoms with Crippen LogP contribution in [0.1, 0.15) is 59.3 Å². The summed E-state index contributed by atoms with van der Waals surface area (Å²) in [5.41, 5.74) is 0. The van der Waals surface area contributed by atoms with Gasteiger partial charge in [-0.25, -0.2) is 4.79 Å². The lowest BCUT2D eigenvalue weighted by Gasteiger charge is -2.43. The van der Waals surface area contributed by atoms with Crippen molar-refractivity contribution in [2.45, 2.75) is 65.3 Å². The van der Waals surface area contributed by atoms with Gasteiger partial charge in [-0.1, -0.05) is 20.8 Å². The average molecular weight is 351 g/mol. The lowest BCUT2D eigenvalue weighted by Crippen LogP contribution is -2.51. The van der Waals surface area contributed by atoms with Gasteiger partial charge in [0.15, 0.2) is 0 Å². The third-order valence-corrected chi connectivity index (χ3v) is 6.14. The van der Waals surface area contributed by atoms with Crippen molar-refractivity contribution in [1.82, 2.24) is 9.80 Å². The zero-order valence-electron chi connectivity index (χ0n) is 16.1. The molecule has 5 heteroatoms. The molecular weight excluding hydrogens is 316 g/mol. The van der Waals surface area contributed by atoms with E-state index in [9.17, 15) is 9.59 Å².